The van der Waals surface area contributed by atoms with Crippen LogP contribution in [-0.4, -0.2) is 29.2 Å². The standard InChI is InChI=1S/C16H16O5.C2H6/c1-2-21-16(20)15(19)13-7-6-11(9-14(13)18)10-4-3-5-12(17)8-10;1-2/h3-5,8-9,13,17H,2,6-7H2,1H3;1-2H3. The maximum atomic E-state index is 12.0. The maximum Gasteiger partial charge on any atom is 0.375 e. The number of hydrogen-bond donors (Lipinski definition) is 1. The molecule has 5 heteroatoms. The van der Waals surface area contributed by atoms with Crippen molar-refractivity contribution in [2.24, 2.45) is 5.92 Å². The summed E-state index contributed by atoms with van der Waals surface area (Å²) in [5.41, 5.74) is 1.49. The highest BCUT2D eigenvalue weighted by Crippen LogP contribution is 2.30. The molecule has 1 aromatic rings. The van der Waals surface area contributed by atoms with E-state index in [1.165, 1.54) is 6.08 Å². The molecule has 1 aliphatic carbocycles. The third-order valence-electron chi connectivity index (χ3n) is 3.37. The number of phenolic OH excluding ortho intramolecular Hbond substituents is 1. The van der Waals surface area contributed by atoms with Gasteiger partial charge >= 0.3 is 5.97 Å². The van der Waals surface area contributed by atoms with Gasteiger partial charge in [0.25, 0.3) is 5.78 Å². The molecule has 1 aromatic carbocycles. The van der Waals surface area contributed by atoms with Gasteiger partial charge in [-0.05, 0) is 49.1 Å². The van der Waals surface area contributed by atoms with Crippen molar-refractivity contribution in [2.75, 3.05) is 6.61 Å². The van der Waals surface area contributed by atoms with E-state index in [-0.39, 0.29) is 18.8 Å². The van der Waals surface area contributed by atoms with Crippen molar-refractivity contribution in [3.8, 4) is 5.75 Å². The molecule has 5 nitrogen and oxygen atoms in total. The van der Waals surface area contributed by atoms with Crippen LogP contribution < -0.4 is 0 Å². The number of benzene rings is 1. The monoisotopic (exact) mass is 318 g/mol. The van der Waals surface area contributed by atoms with Crippen LogP contribution >= 0.6 is 0 Å². The van der Waals surface area contributed by atoms with E-state index in [9.17, 15) is 19.5 Å². The molecule has 0 bridgehead atoms. The predicted octanol–water partition coefficient (Wildman–Crippen LogP) is 2.91. The normalized spacial score (nSPS) is 16.7. The minimum atomic E-state index is -0.954. The highest BCUT2D eigenvalue weighted by Gasteiger charge is 2.34. The molecule has 1 N–H and O–H groups in total. The number of esters is 1. The topological polar surface area (TPSA) is 80.7 Å². The van der Waals surface area contributed by atoms with Crippen LogP contribution in [0.1, 0.15) is 39.2 Å². The quantitative estimate of drug-likeness (QED) is 0.524. The second kappa shape index (κ2) is 8.88. The minimum Gasteiger partial charge on any atom is -0.508 e. The maximum absolute atomic E-state index is 12.0. The van der Waals surface area contributed by atoms with Gasteiger partial charge in [-0.2, -0.15) is 0 Å². The van der Waals surface area contributed by atoms with Gasteiger partial charge < -0.3 is 9.84 Å². The zero-order valence-electron chi connectivity index (χ0n) is 13.7. The van der Waals surface area contributed by atoms with Gasteiger partial charge in [0.05, 0.1) is 12.5 Å². The summed E-state index contributed by atoms with van der Waals surface area (Å²) in [5, 5.41) is 9.45. The molecule has 23 heavy (non-hydrogen) atoms. The molecule has 0 saturated carbocycles. The summed E-state index contributed by atoms with van der Waals surface area (Å²) in [6, 6.07) is 6.58. The third-order valence-corrected chi connectivity index (χ3v) is 3.37. The molecular weight excluding hydrogens is 296 g/mol. The number of phenols is 1. The van der Waals surface area contributed by atoms with Crippen molar-refractivity contribution in [1.82, 2.24) is 0 Å². The van der Waals surface area contributed by atoms with Gasteiger partial charge in [-0.3, -0.25) is 9.59 Å². The van der Waals surface area contributed by atoms with E-state index in [1.54, 1.807) is 31.2 Å². The Morgan fingerprint density at radius 3 is 2.57 bits per heavy atom. The summed E-state index contributed by atoms with van der Waals surface area (Å²) in [5.74, 6) is -2.97. The number of allylic oxidation sites excluding steroid dienone is 2. The summed E-state index contributed by atoms with van der Waals surface area (Å²) in [6.07, 6.45) is 2.14. The number of hydrogen-bond acceptors (Lipinski definition) is 5. The molecule has 124 valence electrons. The van der Waals surface area contributed by atoms with Crippen LogP contribution in [0.3, 0.4) is 0 Å². The van der Waals surface area contributed by atoms with Gasteiger partial charge in [0.15, 0.2) is 5.78 Å². The fraction of sp³-hybridized carbons (Fsp3) is 0.389. The SMILES string of the molecule is CC.CCOC(=O)C(=O)C1CCC(c2cccc(O)c2)=CC1=O. The van der Waals surface area contributed by atoms with E-state index >= 15 is 0 Å². The molecule has 2 rings (SSSR count). The molecular formula is C18H22O5. The van der Waals surface area contributed by atoms with Crippen molar-refractivity contribution < 1.29 is 24.2 Å². The molecule has 1 unspecified atom stereocenters. The average molecular weight is 318 g/mol. The highest BCUT2D eigenvalue weighted by molar-refractivity contribution is 6.39. The van der Waals surface area contributed by atoms with Crippen LogP contribution in [0, 0.1) is 5.92 Å². The molecule has 0 saturated heterocycles. The Morgan fingerprint density at radius 1 is 1.30 bits per heavy atom. The molecule has 0 fully saturated rings. The molecule has 0 spiro atoms. The fourth-order valence-corrected chi connectivity index (χ4v) is 2.32. The number of ketones is 2. The van der Waals surface area contributed by atoms with E-state index in [2.05, 4.69) is 4.74 Å². The highest BCUT2D eigenvalue weighted by atomic mass is 16.5. The number of aromatic hydroxyl groups is 1. The zero-order chi connectivity index (χ0) is 17.4. The van der Waals surface area contributed by atoms with Crippen molar-refractivity contribution in [1.29, 1.82) is 0 Å². The Balaban J connectivity index is 0.00000127. The lowest BCUT2D eigenvalue weighted by atomic mass is 9.83. The van der Waals surface area contributed by atoms with Gasteiger partial charge in [-0.25, -0.2) is 4.79 Å². The van der Waals surface area contributed by atoms with Gasteiger partial charge in [-0.1, -0.05) is 26.0 Å². The van der Waals surface area contributed by atoms with Crippen LogP contribution in [-0.2, 0) is 19.1 Å². The molecule has 0 amide bonds. The molecule has 1 atom stereocenters. The minimum absolute atomic E-state index is 0.107. The van der Waals surface area contributed by atoms with Crippen LogP contribution in [0.4, 0.5) is 0 Å². The lowest BCUT2D eigenvalue weighted by molar-refractivity contribution is -0.156. The number of rotatable bonds is 4. The smallest absolute Gasteiger partial charge is 0.375 e. The van der Waals surface area contributed by atoms with E-state index < -0.39 is 23.5 Å². The van der Waals surface area contributed by atoms with E-state index in [1.807, 2.05) is 13.8 Å². The molecule has 0 heterocycles. The Hall–Kier alpha value is -2.43. The first-order valence-electron chi connectivity index (χ1n) is 7.77. The van der Waals surface area contributed by atoms with Crippen molar-refractivity contribution in [2.45, 2.75) is 33.6 Å². The predicted molar refractivity (Wildman–Crippen MR) is 86.8 cm³/mol. The van der Waals surface area contributed by atoms with Gasteiger partial charge in [0, 0.05) is 0 Å². The first-order valence-corrected chi connectivity index (χ1v) is 7.77. The van der Waals surface area contributed by atoms with E-state index in [0.29, 0.717) is 6.42 Å². The van der Waals surface area contributed by atoms with Crippen LogP contribution in [0.5, 0.6) is 5.75 Å². The van der Waals surface area contributed by atoms with Crippen LogP contribution in [0.25, 0.3) is 5.57 Å². The Kier molecular flexibility index (Phi) is 7.19. The first-order chi connectivity index (χ1) is 11.0. The zero-order valence-corrected chi connectivity index (χ0v) is 13.7. The second-order valence-electron chi connectivity index (χ2n) is 4.80. The van der Waals surface area contributed by atoms with Crippen molar-refractivity contribution >= 4 is 23.1 Å². The Labute approximate surface area is 136 Å². The van der Waals surface area contributed by atoms with Gasteiger partial charge in [0.2, 0.25) is 0 Å². The lowest BCUT2D eigenvalue weighted by Gasteiger charge is -2.19. The summed E-state index contributed by atoms with van der Waals surface area (Å²) in [4.78, 5) is 35.3. The van der Waals surface area contributed by atoms with Gasteiger partial charge in [-0.15, -0.1) is 0 Å². The number of Topliss-reactive ketones (excluding diaryl/α,β-unsaturated/α-hetero) is 1. The Bertz CT molecular complexity index is 616. The molecule has 0 aromatic heterocycles. The van der Waals surface area contributed by atoms with E-state index in [4.69, 9.17) is 0 Å². The number of carbonyl (C=O) groups is 3. The molecule has 0 radical (unpaired) electrons. The molecule has 0 aliphatic heterocycles. The average Bonchev–Trinajstić information content (AvgIpc) is 2.56. The van der Waals surface area contributed by atoms with Crippen LogP contribution in [0.15, 0.2) is 30.3 Å². The summed E-state index contributed by atoms with van der Waals surface area (Å²) < 4.78 is 4.64. The van der Waals surface area contributed by atoms with Gasteiger partial charge in [0.1, 0.15) is 5.75 Å². The second-order valence-corrected chi connectivity index (χ2v) is 4.80. The first kappa shape index (κ1) is 18.6. The van der Waals surface area contributed by atoms with E-state index in [0.717, 1.165) is 11.1 Å². The fourth-order valence-electron chi connectivity index (χ4n) is 2.32. The van der Waals surface area contributed by atoms with Crippen molar-refractivity contribution in [3.63, 3.8) is 0 Å². The largest absolute Gasteiger partial charge is 0.508 e. The summed E-state index contributed by atoms with van der Waals surface area (Å²) >= 11 is 0. The third kappa shape index (κ3) is 4.77. The summed E-state index contributed by atoms with van der Waals surface area (Å²) in [6.45, 7) is 5.71. The lowest BCUT2D eigenvalue weighted by Crippen LogP contribution is -2.32. The van der Waals surface area contributed by atoms with Crippen molar-refractivity contribution in [3.05, 3.63) is 35.9 Å². The van der Waals surface area contributed by atoms with Crippen LogP contribution in [0.2, 0.25) is 0 Å². The Morgan fingerprint density at radius 2 is 2.00 bits per heavy atom. The molecule has 1 aliphatic rings. The summed E-state index contributed by atoms with van der Waals surface area (Å²) in [7, 11) is 0. The number of ether oxygens (including phenoxy) is 1. The number of carbonyl (C=O) groups excluding carboxylic acids is 3.